The molecule has 0 radical (unpaired) electrons. The number of nitrogens with one attached hydrogen (secondary N) is 1. The molecule has 1 aromatic heterocycles. The van der Waals surface area contributed by atoms with Gasteiger partial charge < -0.3 is 5.32 Å². The average molecular weight is 461 g/mol. The quantitative estimate of drug-likeness (QED) is 0.435. The highest BCUT2D eigenvalue weighted by molar-refractivity contribution is 8.00. The number of benzene rings is 2. The van der Waals surface area contributed by atoms with Crippen molar-refractivity contribution in [3.63, 3.8) is 0 Å². The number of rotatable bonds is 5. The molecule has 1 fully saturated rings. The van der Waals surface area contributed by atoms with Gasteiger partial charge in [-0.1, -0.05) is 55.3 Å². The first kappa shape index (κ1) is 23.1. The maximum Gasteiger partial charge on any atom is 0.266 e. The fourth-order valence-corrected chi connectivity index (χ4v) is 5.25. The Hall–Kier alpha value is -3.11. The fraction of sp³-hybridized carbons (Fsp3) is 0.385. The minimum atomic E-state index is -0.798. The third kappa shape index (κ3) is 4.67. The standard InChI is InChI=1S/C26H28N4O2S/c1-17-11-12-18(2)22(15-17)30-24(32)20-9-5-6-10-21(20)28-25(30)33-19(3)23(31)29-26(16-27)13-7-4-8-14-26/h5-6,9-12,15,19H,4,7-8,13-14H2,1-3H3,(H,29,31). The van der Waals surface area contributed by atoms with E-state index >= 15 is 0 Å². The maximum atomic E-state index is 13.5. The molecule has 1 saturated carbocycles. The molecule has 0 aliphatic heterocycles. The van der Waals surface area contributed by atoms with Crippen LogP contribution in [-0.4, -0.2) is 26.2 Å². The van der Waals surface area contributed by atoms with Crippen molar-refractivity contribution in [3.8, 4) is 11.8 Å². The van der Waals surface area contributed by atoms with Gasteiger partial charge in [-0.2, -0.15) is 5.26 Å². The molecule has 0 bridgehead atoms. The Morgan fingerprint density at radius 1 is 1.18 bits per heavy atom. The third-order valence-corrected chi connectivity index (χ3v) is 7.34. The van der Waals surface area contributed by atoms with Crippen LogP contribution in [0.15, 0.2) is 52.4 Å². The van der Waals surface area contributed by atoms with Crippen molar-refractivity contribution in [1.29, 1.82) is 5.26 Å². The predicted octanol–water partition coefficient (Wildman–Crippen LogP) is 4.83. The number of hydrogen-bond acceptors (Lipinski definition) is 5. The van der Waals surface area contributed by atoms with E-state index in [1.165, 1.54) is 11.8 Å². The van der Waals surface area contributed by atoms with Gasteiger partial charge in [0, 0.05) is 0 Å². The Bertz CT molecular complexity index is 1300. The molecule has 7 heteroatoms. The fourth-order valence-electron chi connectivity index (χ4n) is 4.33. The first-order valence-corrected chi connectivity index (χ1v) is 12.2. The number of carbonyl (C=O) groups is 1. The zero-order valence-corrected chi connectivity index (χ0v) is 20.0. The van der Waals surface area contributed by atoms with E-state index in [0.717, 1.165) is 36.1 Å². The molecule has 170 valence electrons. The van der Waals surface area contributed by atoms with E-state index in [1.807, 2.05) is 50.2 Å². The molecule has 4 rings (SSSR count). The van der Waals surface area contributed by atoms with Crippen LogP contribution in [0, 0.1) is 25.2 Å². The van der Waals surface area contributed by atoms with Crippen molar-refractivity contribution >= 4 is 28.6 Å². The SMILES string of the molecule is Cc1ccc(C)c(-n2c(SC(C)C(=O)NC3(C#N)CCCCC3)nc3ccccc3c2=O)c1. The molecule has 0 saturated heterocycles. The second-order valence-corrected chi connectivity index (χ2v) is 10.2. The minimum absolute atomic E-state index is 0.162. The number of nitriles is 1. The van der Waals surface area contributed by atoms with E-state index in [4.69, 9.17) is 4.98 Å². The number of carbonyl (C=O) groups excluding carboxylic acids is 1. The first-order valence-electron chi connectivity index (χ1n) is 11.3. The van der Waals surface area contributed by atoms with Gasteiger partial charge in [-0.3, -0.25) is 14.2 Å². The normalized spacial score (nSPS) is 16.2. The Morgan fingerprint density at radius 2 is 1.91 bits per heavy atom. The van der Waals surface area contributed by atoms with E-state index in [1.54, 1.807) is 17.6 Å². The van der Waals surface area contributed by atoms with E-state index in [-0.39, 0.29) is 11.5 Å². The Labute approximate surface area is 198 Å². The molecule has 2 aromatic carbocycles. The summed E-state index contributed by atoms with van der Waals surface area (Å²) in [5, 5.41) is 13.2. The van der Waals surface area contributed by atoms with Crippen LogP contribution >= 0.6 is 11.8 Å². The van der Waals surface area contributed by atoms with Gasteiger partial charge in [-0.25, -0.2) is 4.98 Å². The molecule has 1 aliphatic rings. The number of thioether (sulfide) groups is 1. The van der Waals surface area contributed by atoms with Crippen LogP contribution in [0.3, 0.4) is 0 Å². The van der Waals surface area contributed by atoms with Gasteiger partial charge in [-0.05, 0) is 62.9 Å². The molecule has 1 unspecified atom stereocenters. The molecule has 1 heterocycles. The van der Waals surface area contributed by atoms with Crippen LogP contribution in [0.4, 0.5) is 0 Å². The molecular formula is C26H28N4O2S. The van der Waals surface area contributed by atoms with Gasteiger partial charge in [0.2, 0.25) is 5.91 Å². The van der Waals surface area contributed by atoms with Crippen molar-refractivity contribution in [2.45, 2.75) is 68.8 Å². The average Bonchev–Trinajstić information content (AvgIpc) is 2.82. The van der Waals surface area contributed by atoms with Crippen molar-refractivity contribution in [2.75, 3.05) is 0 Å². The molecule has 6 nitrogen and oxygen atoms in total. The molecule has 33 heavy (non-hydrogen) atoms. The number of para-hydroxylation sites is 1. The second kappa shape index (κ2) is 9.40. The highest BCUT2D eigenvalue weighted by Gasteiger charge is 2.35. The first-order chi connectivity index (χ1) is 15.8. The highest BCUT2D eigenvalue weighted by Crippen LogP contribution is 2.30. The molecular weight excluding hydrogens is 432 g/mol. The lowest BCUT2D eigenvalue weighted by Crippen LogP contribution is -2.51. The summed E-state index contributed by atoms with van der Waals surface area (Å²) < 4.78 is 1.61. The lowest BCUT2D eigenvalue weighted by molar-refractivity contribution is -0.121. The zero-order valence-electron chi connectivity index (χ0n) is 19.2. The van der Waals surface area contributed by atoms with Crippen LogP contribution in [0.25, 0.3) is 16.6 Å². The third-order valence-electron chi connectivity index (χ3n) is 6.29. The predicted molar refractivity (Wildman–Crippen MR) is 132 cm³/mol. The van der Waals surface area contributed by atoms with Crippen molar-refractivity contribution in [3.05, 3.63) is 63.9 Å². The molecule has 1 atom stereocenters. The Balaban J connectivity index is 1.74. The van der Waals surface area contributed by atoms with Gasteiger partial charge in [0.05, 0.1) is 27.9 Å². The van der Waals surface area contributed by atoms with Crippen LogP contribution in [0.5, 0.6) is 0 Å². The maximum absolute atomic E-state index is 13.5. The summed E-state index contributed by atoms with van der Waals surface area (Å²) >= 11 is 1.24. The summed E-state index contributed by atoms with van der Waals surface area (Å²) in [7, 11) is 0. The molecule has 1 N–H and O–H groups in total. The summed E-state index contributed by atoms with van der Waals surface area (Å²) in [6.45, 7) is 5.74. The molecule has 1 amide bonds. The van der Waals surface area contributed by atoms with Gasteiger partial charge in [0.1, 0.15) is 5.54 Å². The molecule has 1 aliphatic carbocycles. The Kier molecular flexibility index (Phi) is 6.57. The van der Waals surface area contributed by atoms with Gasteiger partial charge in [0.25, 0.3) is 5.56 Å². The number of hydrogen-bond donors (Lipinski definition) is 1. The second-order valence-electron chi connectivity index (χ2n) is 8.85. The number of amides is 1. The van der Waals surface area contributed by atoms with E-state index in [0.29, 0.717) is 28.9 Å². The van der Waals surface area contributed by atoms with Gasteiger partial charge in [0.15, 0.2) is 5.16 Å². The van der Waals surface area contributed by atoms with Gasteiger partial charge >= 0.3 is 0 Å². The molecule has 3 aromatic rings. The largest absolute Gasteiger partial charge is 0.337 e. The smallest absolute Gasteiger partial charge is 0.266 e. The summed E-state index contributed by atoms with van der Waals surface area (Å²) in [6.07, 6.45) is 4.32. The summed E-state index contributed by atoms with van der Waals surface area (Å²) in [4.78, 5) is 31.4. The highest BCUT2D eigenvalue weighted by atomic mass is 32.2. The molecule has 0 spiro atoms. The van der Waals surface area contributed by atoms with Crippen LogP contribution in [-0.2, 0) is 4.79 Å². The lowest BCUT2D eigenvalue weighted by atomic mass is 9.83. The van der Waals surface area contributed by atoms with Gasteiger partial charge in [-0.15, -0.1) is 0 Å². The van der Waals surface area contributed by atoms with Crippen molar-refractivity contribution < 1.29 is 4.79 Å². The number of fused-ring (bicyclic) bond motifs is 1. The lowest BCUT2D eigenvalue weighted by Gasteiger charge is -2.32. The minimum Gasteiger partial charge on any atom is -0.337 e. The Morgan fingerprint density at radius 3 is 2.64 bits per heavy atom. The van der Waals surface area contributed by atoms with Crippen molar-refractivity contribution in [1.82, 2.24) is 14.9 Å². The number of aromatic nitrogens is 2. The number of nitrogens with zero attached hydrogens (tertiary/aromatic N) is 3. The topological polar surface area (TPSA) is 87.8 Å². The number of aryl methyl sites for hydroxylation is 2. The van der Waals surface area contributed by atoms with Crippen LogP contribution in [0.2, 0.25) is 0 Å². The summed E-state index contributed by atoms with van der Waals surface area (Å²) in [5.74, 6) is -0.210. The van der Waals surface area contributed by atoms with E-state index in [2.05, 4.69) is 11.4 Å². The monoisotopic (exact) mass is 460 g/mol. The van der Waals surface area contributed by atoms with Crippen molar-refractivity contribution in [2.24, 2.45) is 0 Å². The van der Waals surface area contributed by atoms with E-state index in [9.17, 15) is 14.9 Å². The summed E-state index contributed by atoms with van der Waals surface area (Å²) in [5.41, 5.74) is 2.38. The van der Waals surface area contributed by atoms with E-state index < -0.39 is 10.8 Å². The summed E-state index contributed by atoms with van der Waals surface area (Å²) in [6, 6.07) is 15.6. The van der Waals surface area contributed by atoms with Crippen LogP contribution in [0.1, 0.15) is 50.2 Å². The zero-order chi connectivity index (χ0) is 23.6. The van der Waals surface area contributed by atoms with Crippen LogP contribution < -0.4 is 10.9 Å².